The van der Waals surface area contributed by atoms with E-state index < -0.39 is 12.1 Å². The van der Waals surface area contributed by atoms with Gasteiger partial charge in [-0.3, -0.25) is 14.4 Å². The summed E-state index contributed by atoms with van der Waals surface area (Å²) in [5.74, 6) is -1.08. The summed E-state index contributed by atoms with van der Waals surface area (Å²) >= 11 is 0. The smallest absolute Gasteiger partial charge is 0.306 e. The summed E-state index contributed by atoms with van der Waals surface area (Å²) in [5.41, 5.74) is 0. The molecular weight excluding hydrogens is 685 g/mol. The van der Waals surface area contributed by atoms with Crippen molar-refractivity contribution in [1.82, 2.24) is 0 Å². The number of rotatable bonds is 35. The van der Waals surface area contributed by atoms with E-state index in [9.17, 15) is 14.4 Å². The van der Waals surface area contributed by atoms with Crippen LogP contribution in [0.3, 0.4) is 0 Å². The summed E-state index contributed by atoms with van der Waals surface area (Å²) in [5, 5.41) is 0. The van der Waals surface area contributed by atoms with E-state index in [1.807, 2.05) is 60.8 Å². The Balaban J connectivity index is 4.58. The van der Waals surface area contributed by atoms with E-state index in [1.54, 1.807) is 0 Å². The maximum absolute atomic E-state index is 12.6. The van der Waals surface area contributed by atoms with Crippen LogP contribution in [0, 0.1) is 0 Å². The number of ether oxygens (including phenoxy) is 3. The molecule has 1 unspecified atom stereocenters. The minimum atomic E-state index is -0.834. The van der Waals surface area contributed by atoms with Crippen molar-refractivity contribution in [2.24, 2.45) is 0 Å². The van der Waals surface area contributed by atoms with Crippen molar-refractivity contribution in [2.45, 2.75) is 155 Å². The fraction of sp³-hybridized carbons (Fsp3) is 0.531. The van der Waals surface area contributed by atoms with Gasteiger partial charge in [0.2, 0.25) is 0 Å². The number of allylic oxidation sites excluding steroid dienone is 20. The normalized spacial score (nSPS) is 13.3. The molecule has 0 rings (SSSR count). The van der Waals surface area contributed by atoms with Gasteiger partial charge in [-0.15, -0.1) is 0 Å². The van der Waals surface area contributed by atoms with Gasteiger partial charge in [0.25, 0.3) is 0 Å². The Bertz CT molecular complexity index is 1240. The van der Waals surface area contributed by atoms with Crippen molar-refractivity contribution in [3.8, 4) is 0 Å². The lowest BCUT2D eigenvalue weighted by Crippen LogP contribution is -2.30. The predicted molar refractivity (Wildman–Crippen MR) is 233 cm³/mol. The molecule has 0 amide bonds. The van der Waals surface area contributed by atoms with Gasteiger partial charge in [0.05, 0.1) is 0 Å². The van der Waals surface area contributed by atoms with Crippen molar-refractivity contribution in [3.05, 3.63) is 122 Å². The second-order valence-corrected chi connectivity index (χ2v) is 13.3. The molecule has 0 saturated carbocycles. The number of unbranched alkanes of at least 4 members (excludes halogenated alkanes) is 9. The SMILES string of the molecule is CC\C=C/C=C\C=C/C=C\C=C\C=C/CCCCCC(=O)OCC(COC(=O)CCC/C=C\CCCCCC)OC(=O)CCC/C=C\C/C=C\C/C=C\CC. The zero-order chi connectivity index (χ0) is 40.1. The van der Waals surface area contributed by atoms with E-state index >= 15 is 0 Å². The van der Waals surface area contributed by atoms with Crippen molar-refractivity contribution in [2.75, 3.05) is 13.2 Å². The van der Waals surface area contributed by atoms with Gasteiger partial charge in [0.1, 0.15) is 13.2 Å². The molecule has 0 heterocycles. The highest BCUT2D eigenvalue weighted by molar-refractivity contribution is 5.71. The molecule has 0 N–H and O–H groups in total. The van der Waals surface area contributed by atoms with Crippen molar-refractivity contribution < 1.29 is 28.6 Å². The van der Waals surface area contributed by atoms with E-state index in [4.69, 9.17) is 14.2 Å². The summed E-state index contributed by atoms with van der Waals surface area (Å²) < 4.78 is 16.5. The first-order chi connectivity index (χ1) is 27.0. The minimum Gasteiger partial charge on any atom is -0.462 e. The maximum atomic E-state index is 12.6. The summed E-state index contributed by atoms with van der Waals surface area (Å²) in [6, 6.07) is 0. The number of esters is 3. The highest BCUT2D eigenvalue weighted by atomic mass is 16.6. The Morgan fingerprint density at radius 3 is 1.38 bits per heavy atom. The molecule has 0 fully saturated rings. The molecule has 6 nitrogen and oxygen atoms in total. The van der Waals surface area contributed by atoms with Gasteiger partial charge in [-0.1, -0.05) is 168 Å². The van der Waals surface area contributed by atoms with Gasteiger partial charge in [0, 0.05) is 19.3 Å². The second kappa shape index (κ2) is 42.6. The fourth-order valence-electron chi connectivity index (χ4n) is 4.97. The van der Waals surface area contributed by atoms with Gasteiger partial charge in [-0.25, -0.2) is 0 Å². The monoisotopic (exact) mass is 759 g/mol. The molecule has 0 radical (unpaired) electrons. The molecule has 1 atom stereocenters. The van der Waals surface area contributed by atoms with Crippen molar-refractivity contribution in [3.63, 3.8) is 0 Å². The number of carbonyl (C=O) groups excluding carboxylic acids is 3. The molecule has 0 aromatic carbocycles. The lowest BCUT2D eigenvalue weighted by Gasteiger charge is -2.18. The van der Waals surface area contributed by atoms with E-state index in [-0.39, 0.29) is 44.4 Å². The van der Waals surface area contributed by atoms with Crippen LogP contribution < -0.4 is 0 Å². The van der Waals surface area contributed by atoms with Gasteiger partial charge in [-0.2, -0.15) is 0 Å². The molecule has 0 aromatic rings. The third-order valence-electron chi connectivity index (χ3n) is 8.09. The first kappa shape index (κ1) is 50.8. The molecule has 0 aliphatic heterocycles. The van der Waals surface area contributed by atoms with E-state index in [2.05, 4.69) is 81.5 Å². The van der Waals surface area contributed by atoms with Gasteiger partial charge < -0.3 is 14.2 Å². The largest absolute Gasteiger partial charge is 0.462 e. The van der Waals surface area contributed by atoms with Crippen LogP contribution in [0.25, 0.3) is 0 Å². The average Bonchev–Trinajstić information content (AvgIpc) is 3.18. The van der Waals surface area contributed by atoms with Crippen LogP contribution in [-0.2, 0) is 28.6 Å². The van der Waals surface area contributed by atoms with E-state index in [0.29, 0.717) is 19.3 Å². The highest BCUT2D eigenvalue weighted by Crippen LogP contribution is 2.09. The van der Waals surface area contributed by atoms with E-state index in [0.717, 1.165) is 64.2 Å². The summed E-state index contributed by atoms with van der Waals surface area (Å²) in [6.07, 6.45) is 57.7. The first-order valence-electron chi connectivity index (χ1n) is 21.1. The molecular formula is C49H74O6. The Labute approximate surface area is 335 Å². The molecule has 55 heavy (non-hydrogen) atoms. The van der Waals surface area contributed by atoms with E-state index in [1.165, 1.54) is 25.7 Å². The standard InChI is InChI=1S/C49H74O6/c1-4-7-10-13-16-19-21-22-23-24-25-26-28-30-33-36-39-42-48(51)54-45-46(44-53-47(50)41-38-35-32-29-18-15-12-9-6-3)55-49(52)43-40-37-34-31-27-20-17-14-11-8-5-2/h7-8,10-11,13,16-17,19-26,28-29,31-32,34,46H,4-6,9,12,14-15,18,27,30,33,35-45H2,1-3H3/b10-7-,11-8-,16-13-,20-17-,21-19-,23-22-,25-24+,28-26-,32-29-,34-31-. The Morgan fingerprint density at radius 2 is 0.818 bits per heavy atom. The predicted octanol–water partition coefficient (Wildman–Crippen LogP) is 13.4. The third-order valence-corrected chi connectivity index (χ3v) is 8.09. The number of hydrogen-bond acceptors (Lipinski definition) is 6. The van der Waals surface area contributed by atoms with Crippen molar-refractivity contribution in [1.29, 1.82) is 0 Å². The second-order valence-electron chi connectivity index (χ2n) is 13.3. The van der Waals surface area contributed by atoms with Crippen LogP contribution in [-0.4, -0.2) is 37.2 Å². The molecule has 0 bridgehead atoms. The molecule has 0 aromatic heterocycles. The molecule has 6 heteroatoms. The average molecular weight is 759 g/mol. The lowest BCUT2D eigenvalue weighted by atomic mass is 10.1. The molecule has 0 spiro atoms. The quantitative estimate of drug-likeness (QED) is 0.0210. The summed E-state index contributed by atoms with van der Waals surface area (Å²) in [7, 11) is 0. The Hall–Kier alpha value is -4.19. The van der Waals surface area contributed by atoms with Gasteiger partial charge >= 0.3 is 17.9 Å². The maximum Gasteiger partial charge on any atom is 0.306 e. The fourth-order valence-corrected chi connectivity index (χ4v) is 4.97. The topological polar surface area (TPSA) is 78.9 Å². The van der Waals surface area contributed by atoms with Crippen LogP contribution in [0.5, 0.6) is 0 Å². The van der Waals surface area contributed by atoms with Crippen LogP contribution in [0.2, 0.25) is 0 Å². The van der Waals surface area contributed by atoms with Crippen molar-refractivity contribution >= 4 is 17.9 Å². The molecule has 0 aliphatic carbocycles. The molecule has 0 aliphatic rings. The minimum absolute atomic E-state index is 0.133. The Morgan fingerprint density at radius 1 is 0.400 bits per heavy atom. The highest BCUT2D eigenvalue weighted by Gasteiger charge is 2.19. The number of hydrogen-bond donors (Lipinski definition) is 0. The van der Waals surface area contributed by atoms with Crippen LogP contribution in [0.1, 0.15) is 149 Å². The Kier molecular flexibility index (Phi) is 39.3. The van der Waals surface area contributed by atoms with Crippen LogP contribution in [0.4, 0.5) is 0 Å². The zero-order valence-electron chi connectivity index (χ0n) is 34.6. The van der Waals surface area contributed by atoms with Gasteiger partial charge in [0.15, 0.2) is 6.10 Å². The van der Waals surface area contributed by atoms with Crippen LogP contribution >= 0.6 is 0 Å². The third kappa shape index (κ3) is 40.8. The first-order valence-corrected chi connectivity index (χ1v) is 21.1. The number of carbonyl (C=O) groups is 3. The lowest BCUT2D eigenvalue weighted by molar-refractivity contribution is -0.167. The van der Waals surface area contributed by atoms with Crippen LogP contribution in [0.15, 0.2) is 122 Å². The molecule has 0 saturated heterocycles. The molecule has 306 valence electrons. The zero-order valence-corrected chi connectivity index (χ0v) is 34.6. The van der Waals surface area contributed by atoms with Gasteiger partial charge in [-0.05, 0) is 83.5 Å². The summed E-state index contributed by atoms with van der Waals surface area (Å²) in [4.78, 5) is 37.5. The summed E-state index contributed by atoms with van der Waals surface area (Å²) in [6.45, 7) is 6.17.